The molecule has 4 heterocycles. The van der Waals surface area contributed by atoms with Gasteiger partial charge in [-0.1, -0.05) is 26.8 Å². The Morgan fingerprint density at radius 3 is 2.53 bits per heavy atom. The Morgan fingerprint density at radius 2 is 1.84 bits per heavy atom. The fourth-order valence-corrected chi connectivity index (χ4v) is 6.53. The number of hydrogen-bond acceptors (Lipinski definition) is 9. The average Bonchev–Trinajstić information content (AvgIpc) is 2.83. The minimum atomic E-state index is -2.99. The van der Waals surface area contributed by atoms with E-state index in [-0.39, 0.29) is 24.1 Å². The van der Waals surface area contributed by atoms with Gasteiger partial charge in [-0.2, -0.15) is 4.98 Å². The molecule has 0 saturated carbocycles. The second-order valence-electron chi connectivity index (χ2n) is 11.1. The Balaban J connectivity index is 1.39. The smallest absolute Gasteiger partial charge is 0.227 e. The second-order valence-corrected chi connectivity index (χ2v) is 13.2. The summed E-state index contributed by atoms with van der Waals surface area (Å²) in [5.74, 6) is 2.01. The number of nitrogens with one attached hydrogen (secondary N) is 1. The third-order valence-corrected chi connectivity index (χ3v) is 8.49. The predicted molar refractivity (Wildman–Crippen MR) is 149 cm³/mol. The molecule has 0 unspecified atom stereocenters. The van der Waals surface area contributed by atoms with Crippen molar-refractivity contribution in [3.63, 3.8) is 0 Å². The number of aliphatic hydroxyl groups is 1. The van der Waals surface area contributed by atoms with Gasteiger partial charge in [-0.15, -0.1) is 0 Å². The highest BCUT2D eigenvalue weighted by atomic mass is 32.2. The van der Waals surface area contributed by atoms with Crippen molar-refractivity contribution >= 4 is 43.9 Å². The first-order chi connectivity index (χ1) is 18.0. The van der Waals surface area contributed by atoms with Gasteiger partial charge in [-0.3, -0.25) is 0 Å². The fraction of sp³-hybridized carbons (Fsp3) is 0.519. The summed E-state index contributed by atoms with van der Waals surface area (Å²) in [5.41, 5.74) is 2.25. The molecule has 2 aliphatic heterocycles. The maximum Gasteiger partial charge on any atom is 0.227 e. The summed E-state index contributed by atoms with van der Waals surface area (Å²) in [5, 5.41) is 15.3. The van der Waals surface area contributed by atoms with E-state index in [1.54, 1.807) is 17.2 Å². The first-order valence-electron chi connectivity index (χ1n) is 13.0. The van der Waals surface area contributed by atoms with Crippen LogP contribution in [0.5, 0.6) is 0 Å². The van der Waals surface area contributed by atoms with E-state index >= 15 is 0 Å². The van der Waals surface area contributed by atoms with Crippen LogP contribution in [0.4, 0.5) is 27.7 Å². The molecule has 38 heavy (non-hydrogen) atoms. The maximum atomic E-state index is 14.3. The van der Waals surface area contributed by atoms with Gasteiger partial charge in [0.05, 0.1) is 18.4 Å². The van der Waals surface area contributed by atoms with Crippen LogP contribution in [-0.4, -0.2) is 78.9 Å². The number of benzene rings is 1. The van der Waals surface area contributed by atoms with Crippen LogP contribution in [0.15, 0.2) is 36.7 Å². The minimum absolute atomic E-state index is 0.0469. The Bertz CT molecular complexity index is 1420. The molecule has 11 heteroatoms. The van der Waals surface area contributed by atoms with Gasteiger partial charge in [-0.25, -0.2) is 22.8 Å². The highest BCUT2D eigenvalue weighted by Crippen LogP contribution is 2.37. The lowest BCUT2D eigenvalue weighted by Gasteiger charge is -2.41. The van der Waals surface area contributed by atoms with Crippen LogP contribution >= 0.6 is 0 Å². The monoisotopic (exact) mass is 542 g/mol. The lowest BCUT2D eigenvalue weighted by Crippen LogP contribution is -2.50. The molecule has 9 nitrogen and oxygen atoms in total. The Kier molecular flexibility index (Phi) is 7.17. The van der Waals surface area contributed by atoms with E-state index in [0.717, 1.165) is 16.5 Å². The summed E-state index contributed by atoms with van der Waals surface area (Å²) in [4.78, 5) is 17.5. The van der Waals surface area contributed by atoms with Gasteiger partial charge in [0.25, 0.3) is 0 Å². The Morgan fingerprint density at radius 1 is 1.08 bits per heavy atom. The van der Waals surface area contributed by atoms with E-state index in [4.69, 9.17) is 0 Å². The molecule has 0 radical (unpaired) electrons. The highest BCUT2D eigenvalue weighted by molar-refractivity contribution is 7.90. The number of sulfone groups is 1. The van der Waals surface area contributed by atoms with E-state index < -0.39 is 22.1 Å². The number of aliphatic hydroxyl groups excluding tert-OH is 1. The van der Waals surface area contributed by atoms with E-state index in [1.165, 1.54) is 11.8 Å². The van der Waals surface area contributed by atoms with Crippen molar-refractivity contribution in [1.29, 1.82) is 0 Å². The van der Waals surface area contributed by atoms with Crippen LogP contribution in [0.2, 0.25) is 0 Å². The molecule has 5 rings (SSSR count). The molecular weight excluding hydrogens is 507 g/mol. The maximum absolute atomic E-state index is 14.3. The summed E-state index contributed by atoms with van der Waals surface area (Å²) in [6.07, 6.45) is 2.45. The lowest BCUT2D eigenvalue weighted by atomic mass is 9.93. The molecule has 0 amide bonds. The first-order valence-corrected chi connectivity index (χ1v) is 15.1. The highest BCUT2D eigenvalue weighted by Gasteiger charge is 2.34. The summed E-state index contributed by atoms with van der Waals surface area (Å²) < 4.78 is 37.6. The standard InChI is InChI=1S/C27H35FN6O3S/c1-16(2)19-5-6-23(33-12-18(13-33)15-38(4,36)37)21-10-30-25(9-20(19)21)31-24-7-8-29-27(32-24)34-11-17(3)26(35)22(28)14-34/h5-10,16-18,22,26,35H,11-15H2,1-4H3,(H,29,30,31,32)/t17-,22-,26+/m1/s1. The van der Waals surface area contributed by atoms with Crippen molar-refractivity contribution in [2.45, 2.75) is 39.0 Å². The largest absolute Gasteiger partial charge is 0.390 e. The number of nitrogens with zero attached hydrogens (tertiary/aromatic N) is 5. The number of aromatic nitrogens is 3. The van der Waals surface area contributed by atoms with Crippen LogP contribution in [0.25, 0.3) is 10.8 Å². The normalized spacial score (nSPS) is 22.7. The molecule has 3 aromatic rings. The Hall–Kier alpha value is -3.05. The van der Waals surface area contributed by atoms with Gasteiger partial charge in [0, 0.05) is 61.2 Å². The molecule has 0 aliphatic carbocycles. The predicted octanol–water partition coefficient (Wildman–Crippen LogP) is 3.53. The summed E-state index contributed by atoms with van der Waals surface area (Å²) in [6.45, 7) is 8.06. The summed E-state index contributed by atoms with van der Waals surface area (Å²) in [7, 11) is -2.99. The van der Waals surface area contributed by atoms with E-state index in [1.807, 2.05) is 19.2 Å². The quantitative estimate of drug-likeness (QED) is 0.463. The number of piperidine rings is 1. The molecule has 1 aromatic carbocycles. The number of rotatable bonds is 7. The molecular formula is C27H35FN6O3S. The average molecular weight is 543 g/mol. The molecule has 2 saturated heterocycles. The van der Waals surface area contributed by atoms with Crippen molar-refractivity contribution in [1.82, 2.24) is 15.0 Å². The van der Waals surface area contributed by atoms with Crippen molar-refractivity contribution < 1.29 is 17.9 Å². The van der Waals surface area contributed by atoms with Crippen LogP contribution in [0.1, 0.15) is 32.3 Å². The van der Waals surface area contributed by atoms with Gasteiger partial charge < -0.3 is 20.2 Å². The van der Waals surface area contributed by atoms with Crippen LogP contribution in [-0.2, 0) is 9.84 Å². The van der Waals surface area contributed by atoms with Gasteiger partial charge >= 0.3 is 0 Å². The fourth-order valence-electron chi connectivity index (χ4n) is 5.46. The number of alkyl halides is 1. The van der Waals surface area contributed by atoms with Gasteiger partial charge in [0.2, 0.25) is 5.95 Å². The topological polar surface area (TPSA) is 112 Å². The third-order valence-electron chi connectivity index (χ3n) is 7.41. The SMILES string of the molecule is CC(C)c1ccc(N2CC(CS(C)(=O)=O)C2)c2cnc(Nc3ccnc(N4C[C@@H](C)[C@H](O)[C@H](F)C4)n3)cc12. The van der Waals surface area contributed by atoms with E-state index in [0.29, 0.717) is 43.1 Å². The zero-order chi connectivity index (χ0) is 27.2. The number of halogens is 1. The number of fused-ring (bicyclic) bond motifs is 1. The molecule has 0 spiro atoms. The zero-order valence-electron chi connectivity index (χ0n) is 22.2. The molecule has 0 bridgehead atoms. The van der Waals surface area contributed by atoms with E-state index in [9.17, 15) is 17.9 Å². The van der Waals surface area contributed by atoms with Gasteiger partial charge in [-0.05, 0) is 35.1 Å². The Labute approximate surface area is 223 Å². The number of hydrogen-bond donors (Lipinski definition) is 2. The number of pyridine rings is 1. The van der Waals surface area contributed by atoms with Crippen LogP contribution < -0.4 is 15.1 Å². The molecule has 2 fully saturated rings. The molecule has 2 aromatic heterocycles. The third kappa shape index (κ3) is 5.54. The molecule has 2 N–H and O–H groups in total. The lowest BCUT2D eigenvalue weighted by molar-refractivity contribution is 0.0238. The van der Waals surface area contributed by atoms with Crippen LogP contribution in [0, 0.1) is 11.8 Å². The minimum Gasteiger partial charge on any atom is -0.390 e. The number of anilines is 4. The first kappa shape index (κ1) is 26.6. The molecule has 3 atom stereocenters. The molecule has 2 aliphatic rings. The molecule has 204 valence electrons. The summed E-state index contributed by atoms with van der Waals surface area (Å²) >= 11 is 0. The van der Waals surface area contributed by atoms with Crippen molar-refractivity contribution in [2.75, 3.05) is 53.3 Å². The van der Waals surface area contributed by atoms with Crippen molar-refractivity contribution in [3.05, 3.63) is 42.2 Å². The summed E-state index contributed by atoms with van der Waals surface area (Å²) in [6, 6.07) is 8.00. The van der Waals surface area contributed by atoms with E-state index in [2.05, 4.69) is 51.1 Å². The second kappa shape index (κ2) is 10.3. The van der Waals surface area contributed by atoms with Crippen molar-refractivity contribution in [3.8, 4) is 0 Å². The van der Waals surface area contributed by atoms with Crippen molar-refractivity contribution in [2.24, 2.45) is 11.8 Å². The zero-order valence-corrected chi connectivity index (χ0v) is 23.0. The van der Waals surface area contributed by atoms with Crippen LogP contribution in [0.3, 0.4) is 0 Å². The van der Waals surface area contributed by atoms with Gasteiger partial charge in [0.1, 0.15) is 27.6 Å². The van der Waals surface area contributed by atoms with Gasteiger partial charge in [0.15, 0.2) is 0 Å².